The van der Waals surface area contributed by atoms with Crippen molar-refractivity contribution in [2.45, 2.75) is 38.6 Å². The van der Waals surface area contributed by atoms with Gasteiger partial charge >= 0.3 is 0 Å². The average molecular weight is 249 g/mol. The van der Waals surface area contributed by atoms with Crippen LogP contribution in [0.2, 0.25) is 0 Å². The van der Waals surface area contributed by atoms with Crippen LogP contribution in [0.5, 0.6) is 0 Å². The molecule has 0 bridgehead atoms. The Morgan fingerprint density at radius 1 is 1.44 bits per heavy atom. The highest BCUT2D eigenvalue weighted by atomic mass is 16.1. The van der Waals surface area contributed by atoms with Crippen LogP contribution in [0.1, 0.15) is 49.1 Å². The molecule has 1 aliphatic rings. The first-order valence-corrected chi connectivity index (χ1v) is 6.98. The fourth-order valence-corrected chi connectivity index (χ4v) is 2.25. The summed E-state index contributed by atoms with van der Waals surface area (Å²) in [6, 6.07) is 4.42. The molecule has 1 fully saturated rings. The summed E-state index contributed by atoms with van der Waals surface area (Å²) in [4.78, 5) is 12.1. The van der Waals surface area contributed by atoms with E-state index in [0.29, 0.717) is 6.04 Å². The first-order chi connectivity index (χ1) is 8.83. The molecule has 4 nitrogen and oxygen atoms in total. The molecule has 100 valence electrons. The number of carbonyl (C=O) groups is 1. The minimum atomic E-state index is 0.0587. The molecule has 0 unspecified atom stereocenters. The van der Waals surface area contributed by atoms with Gasteiger partial charge in [0.2, 0.25) is 0 Å². The molecular weight excluding hydrogens is 226 g/mol. The molecule has 2 N–H and O–H groups in total. The molecule has 0 aromatic carbocycles. The van der Waals surface area contributed by atoms with Gasteiger partial charge in [-0.15, -0.1) is 0 Å². The lowest BCUT2D eigenvalue weighted by molar-refractivity contribution is 0.0938. The van der Waals surface area contributed by atoms with Gasteiger partial charge in [-0.25, -0.2) is 0 Å². The average Bonchev–Trinajstić information content (AvgIpc) is 2.75. The second kappa shape index (κ2) is 6.59. The maximum atomic E-state index is 12.1. The second-order valence-electron chi connectivity index (χ2n) is 4.85. The van der Waals surface area contributed by atoms with Crippen molar-refractivity contribution in [1.82, 2.24) is 15.2 Å². The molecule has 1 saturated carbocycles. The van der Waals surface area contributed by atoms with Gasteiger partial charge in [0.25, 0.3) is 5.91 Å². The van der Waals surface area contributed by atoms with Crippen molar-refractivity contribution < 1.29 is 4.79 Å². The summed E-state index contributed by atoms with van der Waals surface area (Å²) < 4.78 is 2.13. The third-order valence-corrected chi connectivity index (χ3v) is 3.55. The lowest BCUT2D eigenvalue weighted by Crippen LogP contribution is -2.30. The monoisotopic (exact) mass is 249 g/mol. The molecule has 1 aromatic rings. The zero-order valence-electron chi connectivity index (χ0n) is 11.1. The lowest BCUT2D eigenvalue weighted by Gasteiger charge is -2.28. The number of carbonyl (C=O) groups excluding carboxylic acids is 1. The minimum Gasteiger partial charge on any atom is -0.351 e. The van der Waals surface area contributed by atoms with Gasteiger partial charge in [0.15, 0.2) is 0 Å². The molecule has 1 aromatic heterocycles. The Hall–Kier alpha value is -1.29. The van der Waals surface area contributed by atoms with E-state index < -0.39 is 0 Å². The maximum absolute atomic E-state index is 12.1. The van der Waals surface area contributed by atoms with Gasteiger partial charge in [0.1, 0.15) is 5.69 Å². The fraction of sp³-hybridized carbons (Fsp3) is 0.643. The van der Waals surface area contributed by atoms with E-state index in [1.54, 1.807) is 0 Å². The minimum absolute atomic E-state index is 0.0587. The largest absolute Gasteiger partial charge is 0.351 e. The van der Waals surface area contributed by atoms with E-state index in [1.165, 1.54) is 19.3 Å². The number of nitrogens with one attached hydrogen (secondary N) is 2. The van der Waals surface area contributed by atoms with Gasteiger partial charge < -0.3 is 15.2 Å². The molecule has 2 rings (SSSR count). The van der Waals surface area contributed by atoms with Crippen molar-refractivity contribution in [2.75, 3.05) is 19.6 Å². The highest BCUT2D eigenvalue weighted by Gasteiger charge is 2.22. The summed E-state index contributed by atoms with van der Waals surface area (Å²) in [5.74, 6) is 0.0587. The molecule has 18 heavy (non-hydrogen) atoms. The Balaban J connectivity index is 1.79. The van der Waals surface area contributed by atoms with Gasteiger partial charge in [0, 0.05) is 18.8 Å². The van der Waals surface area contributed by atoms with Crippen LogP contribution in [0.3, 0.4) is 0 Å². The van der Waals surface area contributed by atoms with E-state index in [2.05, 4.69) is 22.1 Å². The van der Waals surface area contributed by atoms with E-state index in [0.717, 1.165) is 31.7 Å². The van der Waals surface area contributed by atoms with Crippen molar-refractivity contribution in [3.8, 4) is 0 Å². The van der Waals surface area contributed by atoms with Gasteiger partial charge in [-0.1, -0.05) is 6.92 Å². The zero-order chi connectivity index (χ0) is 12.8. The Kier molecular flexibility index (Phi) is 4.81. The van der Waals surface area contributed by atoms with Crippen LogP contribution >= 0.6 is 0 Å². The third-order valence-electron chi connectivity index (χ3n) is 3.55. The van der Waals surface area contributed by atoms with Crippen molar-refractivity contribution in [1.29, 1.82) is 0 Å². The first-order valence-electron chi connectivity index (χ1n) is 6.98. The molecule has 0 aliphatic heterocycles. The van der Waals surface area contributed by atoms with Crippen LogP contribution in [-0.4, -0.2) is 30.1 Å². The van der Waals surface area contributed by atoms with Crippen molar-refractivity contribution in [2.24, 2.45) is 0 Å². The predicted molar refractivity (Wildman–Crippen MR) is 72.8 cm³/mol. The Morgan fingerprint density at radius 2 is 2.28 bits per heavy atom. The molecule has 1 amide bonds. The Bertz CT molecular complexity index is 382. The van der Waals surface area contributed by atoms with E-state index in [4.69, 9.17) is 0 Å². The second-order valence-corrected chi connectivity index (χ2v) is 4.85. The Labute approximate surface area is 109 Å². The number of rotatable bonds is 7. The third kappa shape index (κ3) is 3.13. The quantitative estimate of drug-likeness (QED) is 0.725. The van der Waals surface area contributed by atoms with Crippen LogP contribution < -0.4 is 10.6 Å². The molecule has 1 heterocycles. The summed E-state index contributed by atoms with van der Waals surface area (Å²) in [5, 5.41) is 6.24. The fourth-order valence-electron chi connectivity index (χ4n) is 2.25. The Morgan fingerprint density at radius 3 is 2.94 bits per heavy atom. The smallest absolute Gasteiger partial charge is 0.267 e. The number of nitrogens with zero attached hydrogens (tertiary/aromatic N) is 1. The molecule has 0 spiro atoms. The summed E-state index contributed by atoms with van der Waals surface area (Å²) in [6.07, 6.45) is 6.69. The molecule has 1 aliphatic carbocycles. The molecule has 4 heteroatoms. The number of amides is 1. The maximum Gasteiger partial charge on any atom is 0.267 e. The highest BCUT2D eigenvalue weighted by molar-refractivity contribution is 5.92. The van der Waals surface area contributed by atoms with Gasteiger partial charge in [0.05, 0.1) is 0 Å². The number of hydrogen-bond acceptors (Lipinski definition) is 2. The summed E-state index contributed by atoms with van der Waals surface area (Å²) in [6.45, 7) is 4.77. The van der Waals surface area contributed by atoms with Gasteiger partial charge in [-0.3, -0.25) is 4.79 Å². The SMILES string of the molecule is CCNCCCNC(=O)c1cccn1C1CCC1. The van der Waals surface area contributed by atoms with Crippen molar-refractivity contribution >= 4 is 5.91 Å². The molecule has 0 radical (unpaired) electrons. The zero-order valence-corrected chi connectivity index (χ0v) is 11.1. The number of aromatic nitrogens is 1. The van der Waals surface area contributed by atoms with E-state index >= 15 is 0 Å². The van der Waals surface area contributed by atoms with Crippen LogP contribution in [0.25, 0.3) is 0 Å². The molecular formula is C14H23N3O. The normalized spacial score (nSPS) is 15.4. The molecule has 0 saturated heterocycles. The van der Waals surface area contributed by atoms with Crippen LogP contribution in [0.15, 0.2) is 18.3 Å². The topological polar surface area (TPSA) is 46.1 Å². The van der Waals surface area contributed by atoms with E-state index in [9.17, 15) is 4.79 Å². The first kappa shape index (κ1) is 13.1. The lowest BCUT2D eigenvalue weighted by atomic mass is 9.93. The van der Waals surface area contributed by atoms with Gasteiger partial charge in [-0.2, -0.15) is 0 Å². The van der Waals surface area contributed by atoms with Crippen molar-refractivity contribution in [3.63, 3.8) is 0 Å². The summed E-state index contributed by atoms with van der Waals surface area (Å²) >= 11 is 0. The summed E-state index contributed by atoms with van der Waals surface area (Å²) in [7, 11) is 0. The van der Waals surface area contributed by atoms with Gasteiger partial charge in [-0.05, 0) is 50.9 Å². The highest BCUT2D eigenvalue weighted by Crippen LogP contribution is 2.32. The van der Waals surface area contributed by atoms with Crippen LogP contribution in [0.4, 0.5) is 0 Å². The predicted octanol–water partition coefficient (Wildman–Crippen LogP) is 1.94. The standard InChI is InChI=1S/C14H23N3O/c1-2-15-9-5-10-16-14(18)13-8-4-11-17(13)12-6-3-7-12/h4,8,11-12,15H,2-3,5-7,9-10H2,1H3,(H,16,18). The van der Waals surface area contributed by atoms with Crippen LogP contribution in [0, 0.1) is 0 Å². The van der Waals surface area contributed by atoms with Crippen molar-refractivity contribution in [3.05, 3.63) is 24.0 Å². The molecule has 0 atom stereocenters. The summed E-state index contributed by atoms with van der Waals surface area (Å²) in [5.41, 5.74) is 0.808. The number of hydrogen-bond donors (Lipinski definition) is 2. The van der Waals surface area contributed by atoms with E-state index in [-0.39, 0.29) is 5.91 Å². The van der Waals surface area contributed by atoms with E-state index in [1.807, 2.05) is 18.3 Å². The van der Waals surface area contributed by atoms with Crippen LogP contribution in [-0.2, 0) is 0 Å².